The average molecular weight is 469 g/mol. The highest BCUT2D eigenvalue weighted by Gasteiger charge is 2.43. The summed E-state index contributed by atoms with van der Waals surface area (Å²) < 4.78 is 0. The lowest BCUT2D eigenvalue weighted by Gasteiger charge is -2.44. The SMILES string of the molecule is C.C.CNC(=O)/C=C1\C[C@H](C)CC[C@H]1C(C)C.CNC(=O)CC1(O)C[C@H](C)CC[C@H]1C(C)C. The Hall–Kier alpha value is -1.36. The van der Waals surface area contributed by atoms with Crippen molar-refractivity contribution in [1.29, 1.82) is 0 Å². The lowest BCUT2D eigenvalue weighted by atomic mass is 9.65. The van der Waals surface area contributed by atoms with Crippen LogP contribution in [0.1, 0.15) is 101 Å². The molecule has 0 heterocycles. The summed E-state index contributed by atoms with van der Waals surface area (Å²) in [6.45, 7) is 13.2. The van der Waals surface area contributed by atoms with Gasteiger partial charge in [-0.25, -0.2) is 0 Å². The van der Waals surface area contributed by atoms with Crippen LogP contribution in [0.4, 0.5) is 0 Å². The summed E-state index contributed by atoms with van der Waals surface area (Å²) in [5.41, 5.74) is 0.550. The van der Waals surface area contributed by atoms with Gasteiger partial charge in [0.15, 0.2) is 0 Å². The number of nitrogens with one attached hydrogen (secondary N) is 2. The maximum absolute atomic E-state index is 11.5. The predicted molar refractivity (Wildman–Crippen MR) is 142 cm³/mol. The monoisotopic (exact) mass is 468 g/mol. The van der Waals surface area contributed by atoms with Gasteiger partial charge >= 0.3 is 0 Å². The van der Waals surface area contributed by atoms with Gasteiger partial charge in [0.2, 0.25) is 11.8 Å². The van der Waals surface area contributed by atoms with Crippen LogP contribution in [0.3, 0.4) is 0 Å². The molecule has 0 aromatic heterocycles. The van der Waals surface area contributed by atoms with Crippen molar-refractivity contribution in [1.82, 2.24) is 10.6 Å². The van der Waals surface area contributed by atoms with Gasteiger partial charge < -0.3 is 15.7 Å². The Balaban J connectivity index is 0. The first-order chi connectivity index (χ1) is 14.4. The molecule has 5 nitrogen and oxygen atoms in total. The van der Waals surface area contributed by atoms with Crippen LogP contribution in [0, 0.1) is 35.5 Å². The van der Waals surface area contributed by atoms with E-state index in [2.05, 4.69) is 52.2 Å². The highest BCUT2D eigenvalue weighted by molar-refractivity contribution is 5.88. The van der Waals surface area contributed by atoms with Gasteiger partial charge in [-0.3, -0.25) is 9.59 Å². The molecule has 5 atom stereocenters. The van der Waals surface area contributed by atoms with Gasteiger partial charge in [-0.2, -0.15) is 0 Å². The van der Waals surface area contributed by atoms with E-state index < -0.39 is 5.60 Å². The molecule has 0 aliphatic heterocycles. The first kappa shape index (κ1) is 33.8. The second-order valence-corrected chi connectivity index (χ2v) is 10.8. The Morgan fingerprint density at radius 1 is 0.970 bits per heavy atom. The van der Waals surface area contributed by atoms with Crippen molar-refractivity contribution < 1.29 is 14.7 Å². The van der Waals surface area contributed by atoms with Crippen LogP contribution in [-0.4, -0.2) is 36.6 Å². The van der Waals surface area contributed by atoms with Crippen LogP contribution in [0.15, 0.2) is 11.6 Å². The number of amides is 2. The number of carbonyl (C=O) groups excluding carboxylic acids is 2. The zero-order valence-electron chi connectivity index (χ0n) is 21.3. The first-order valence-corrected chi connectivity index (χ1v) is 12.3. The van der Waals surface area contributed by atoms with E-state index in [1.165, 1.54) is 24.8 Å². The van der Waals surface area contributed by atoms with E-state index in [1.807, 2.05) is 6.08 Å². The summed E-state index contributed by atoms with van der Waals surface area (Å²) in [6.07, 6.45) is 8.65. The van der Waals surface area contributed by atoms with Crippen LogP contribution >= 0.6 is 0 Å². The zero-order valence-corrected chi connectivity index (χ0v) is 21.3. The largest absolute Gasteiger partial charge is 0.389 e. The summed E-state index contributed by atoms with van der Waals surface area (Å²) in [6, 6.07) is 0. The average Bonchev–Trinajstić information content (AvgIpc) is 2.67. The molecule has 2 saturated carbocycles. The predicted octanol–water partition coefficient (Wildman–Crippen LogP) is 5.97. The van der Waals surface area contributed by atoms with Crippen molar-refractivity contribution >= 4 is 11.8 Å². The van der Waals surface area contributed by atoms with Crippen molar-refractivity contribution in [3.8, 4) is 0 Å². The fourth-order valence-corrected chi connectivity index (χ4v) is 5.59. The Bertz CT molecular complexity index is 614. The number of carbonyl (C=O) groups is 2. The minimum Gasteiger partial charge on any atom is -0.389 e. The van der Waals surface area contributed by atoms with Gasteiger partial charge in [-0.15, -0.1) is 0 Å². The minimum atomic E-state index is -0.800. The van der Waals surface area contributed by atoms with E-state index in [-0.39, 0.29) is 39.0 Å². The third-order valence-electron chi connectivity index (χ3n) is 7.31. The van der Waals surface area contributed by atoms with E-state index in [9.17, 15) is 14.7 Å². The summed E-state index contributed by atoms with van der Waals surface area (Å²) in [7, 11) is 3.32. The van der Waals surface area contributed by atoms with Crippen molar-refractivity contribution in [2.45, 2.75) is 107 Å². The van der Waals surface area contributed by atoms with E-state index >= 15 is 0 Å². The van der Waals surface area contributed by atoms with Gasteiger partial charge in [-0.05, 0) is 67.6 Å². The van der Waals surface area contributed by atoms with Crippen molar-refractivity contribution in [3.05, 3.63) is 11.6 Å². The molecule has 0 aromatic rings. The Morgan fingerprint density at radius 2 is 1.55 bits per heavy atom. The molecule has 2 rings (SSSR count). The van der Waals surface area contributed by atoms with E-state index in [0.29, 0.717) is 23.7 Å². The number of allylic oxidation sites excluding steroid dienone is 1. The molecule has 2 aliphatic carbocycles. The highest BCUT2D eigenvalue weighted by atomic mass is 16.3. The first-order valence-electron chi connectivity index (χ1n) is 12.3. The summed E-state index contributed by atoms with van der Waals surface area (Å²) >= 11 is 0. The molecule has 2 amide bonds. The molecule has 2 aliphatic rings. The maximum Gasteiger partial charge on any atom is 0.243 e. The van der Waals surface area contributed by atoms with Gasteiger partial charge in [-0.1, -0.05) is 68.4 Å². The van der Waals surface area contributed by atoms with E-state index in [1.54, 1.807) is 14.1 Å². The van der Waals surface area contributed by atoms with Crippen molar-refractivity contribution in [2.75, 3.05) is 14.1 Å². The smallest absolute Gasteiger partial charge is 0.243 e. The highest BCUT2D eigenvalue weighted by Crippen LogP contribution is 2.43. The quantitative estimate of drug-likeness (QED) is 0.435. The summed E-state index contributed by atoms with van der Waals surface area (Å²) in [5, 5.41) is 16.0. The van der Waals surface area contributed by atoms with Gasteiger partial charge in [0, 0.05) is 20.2 Å². The molecule has 33 heavy (non-hydrogen) atoms. The number of aliphatic hydroxyl groups is 1. The van der Waals surface area contributed by atoms with Crippen molar-refractivity contribution in [2.24, 2.45) is 35.5 Å². The summed E-state index contributed by atoms with van der Waals surface area (Å²) in [5.74, 6) is 3.18. The normalized spacial score (nSPS) is 30.5. The van der Waals surface area contributed by atoms with Gasteiger partial charge in [0.25, 0.3) is 0 Å². The molecule has 2 fully saturated rings. The lowest BCUT2D eigenvalue weighted by molar-refractivity contribution is -0.134. The summed E-state index contributed by atoms with van der Waals surface area (Å²) in [4.78, 5) is 22.9. The fraction of sp³-hybridized carbons (Fsp3) is 0.857. The molecular weight excluding hydrogens is 412 g/mol. The van der Waals surface area contributed by atoms with Crippen LogP contribution in [0.25, 0.3) is 0 Å². The van der Waals surface area contributed by atoms with E-state index in [0.717, 1.165) is 25.2 Å². The minimum absolute atomic E-state index is 0. The standard InChI is InChI=1S/C13H25NO2.C13H23NO.2CH4/c1-9(2)11-6-5-10(3)7-13(11,16)8-12(15)14-4;1-9(2)12-6-5-10(3)7-11(12)8-13(15)14-4;;/h9-11,16H,5-8H2,1-4H3,(H,14,15);8-10,12H,5-7H2,1-4H3,(H,14,15);2*1H4/b;11-8+;;/t10-,11+,13?;10-,12+;;/m11../s1. The second kappa shape index (κ2) is 15.5. The maximum atomic E-state index is 11.5. The van der Waals surface area contributed by atoms with E-state index in [4.69, 9.17) is 0 Å². The molecule has 1 unspecified atom stereocenters. The second-order valence-electron chi connectivity index (χ2n) is 10.8. The molecule has 196 valence electrons. The Morgan fingerprint density at radius 3 is 2.03 bits per heavy atom. The molecule has 3 N–H and O–H groups in total. The van der Waals surface area contributed by atoms with Crippen LogP contribution in [0.5, 0.6) is 0 Å². The van der Waals surface area contributed by atoms with Crippen LogP contribution < -0.4 is 10.6 Å². The van der Waals surface area contributed by atoms with Crippen LogP contribution in [-0.2, 0) is 9.59 Å². The molecule has 0 radical (unpaired) electrons. The molecule has 5 heteroatoms. The molecule has 0 spiro atoms. The number of rotatable bonds is 5. The number of hydrogen-bond acceptors (Lipinski definition) is 3. The number of hydrogen-bond donors (Lipinski definition) is 3. The molecular formula is C28H56N2O3. The molecule has 0 aromatic carbocycles. The van der Waals surface area contributed by atoms with Crippen LogP contribution in [0.2, 0.25) is 0 Å². The topological polar surface area (TPSA) is 78.4 Å². The Labute approximate surface area is 205 Å². The van der Waals surface area contributed by atoms with Crippen molar-refractivity contribution in [3.63, 3.8) is 0 Å². The molecule has 0 saturated heterocycles. The fourth-order valence-electron chi connectivity index (χ4n) is 5.59. The Kier molecular flexibility index (Phi) is 15.9. The third-order valence-corrected chi connectivity index (χ3v) is 7.31. The van der Waals surface area contributed by atoms with Gasteiger partial charge in [0.05, 0.1) is 12.0 Å². The lowest BCUT2D eigenvalue weighted by Crippen LogP contribution is -2.48. The third kappa shape index (κ3) is 10.6. The number of likely N-dealkylation sites (N-methyl/N-ethyl adjacent to an activating group) is 1. The van der Waals surface area contributed by atoms with Gasteiger partial charge in [0.1, 0.15) is 0 Å². The molecule has 0 bridgehead atoms. The zero-order chi connectivity index (χ0) is 23.8.